The Morgan fingerprint density at radius 2 is 1.30 bits per heavy atom. The van der Waals surface area contributed by atoms with E-state index < -0.39 is 28.3 Å². The molecule has 0 saturated carbocycles. The van der Waals surface area contributed by atoms with Crippen LogP contribution in [0.3, 0.4) is 0 Å². The molecule has 0 aliphatic carbocycles. The summed E-state index contributed by atoms with van der Waals surface area (Å²) in [5.41, 5.74) is 9.77. The van der Waals surface area contributed by atoms with E-state index in [1.165, 1.54) is 11.8 Å². The van der Waals surface area contributed by atoms with E-state index in [4.69, 9.17) is 18.9 Å². The van der Waals surface area contributed by atoms with Gasteiger partial charge in [-0.05, 0) is 71.0 Å². The van der Waals surface area contributed by atoms with E-state index in [-0.39, 0.29) is 42.6 Å². The highest BCUT2D eigenvalue weighted by atomic mass is 32.2. The van der Waals surface area contributed by atoms with Crippen LogP contribution < -0.4 is 10.0 Å². The number of benzene rings is 7. The Labute approximate surface area is 407 Å². The first-order valence-electron chi connectivity index (χ1n) is 22.9. The summed E-state index contributed by atoms with van der Waals surface area (Å²) in [7, 11) is -3.99. The molecule has 1 saturated heterocycles. The number of ether oxygens (including phenoxy) is 2. The fourth-order valence-electron chi connectivity index (χ4n) is 8.45. The maximum Gasteiger partial charge on any atom is 0.256 e. The Morgan fingerprint density at radius 1 is 0.681 bits per heavy atom. The van der Waals surface area contributed by atoms with Crippen LogP contribution in [0.25, 0.3) is 33.7 Å². The third-order valence-corrected chi connectivity index (χ3v) is 14.7. The molecule has 0 radical (unpaired) electrons. The molecule has 0 unspecified atom stereocenters. The van der Waals surface area contributed by atoms with Crippen molar-refractivity contribution >= 4 is 27.7 Å². The van der Waals surface area contributed by atoms with Gasteiger partial charge in [0.15, 0.2) is 12.1 Å². The molecule has 350 valence electrons. The summed E-state index contributed by atoms with van der Waals surface area (Å²) in [5.74, 6) is 0.752. The van der Waals surface area contributed by atoms with Crippen molar-refractivity contribution in [2.75, 3.05) is 5.75 Å². The normalized spacial score (nSPS) is 17.6. The molecule has 7 aromatic carbocycles. The van der Waals surface area contributed by atoms with Gasteiger partial charge in [-0.1, -0.05) is 188 Å². The summed E-state index contributed by atoms with van der Waals surface area (Å²) < 4.78 is 49.8. The van der Waals surface area contributed by atoms with Crippen LogP contribution in [0, 0.1) is 12.8 Å². The largest absolute Gasteiger partial charge is 0.431 e. The lowest BCUT2D eigenvalue weighted by molar-refractivity contribution is -0.268. The number of aromatic nitrogens is 1. The van der Waals surface area contributed by atoms with Crippen LogP contribution in [0.4, 0.5) is 0 Å². The predicted molar refractivity (Wildman–Crippen MR) is 270 cm³/mol. The van der Waals surface area contributed by atoms with Crippen LogP contribution in [0.5, 0.6) is 0 Å². The number of hydrogen-bond donors (Lipinski definition) is 3. The Balaban J connectivity index is 0.935. The van der Waals surface area contributed by atoms with Crippen molar-refractivity contribution in [1.29, 1.82) is 0 Å². The van der Waals surface area contributed by atoms with Crippen molar-refractivity contribution in [3.05, 3.63) is 221 Å². The van der Waals surface area contributed by atoms with Crippen molar-refractivity contribution < 1.29 is 32.2 Å². The zero-order chi connectivity index (χ0) is 47.7. The first-order valence-corrected chi connectivity index (χ1v) is 25.4. The number of nitrogens with zero attached hydrogens (tertiary/aromatic N) is 1. The molecule has 12 heteroatoms. The summed E-state index contributed by atoms with van der Waals surface area (Å²) in [5, 5.41) is 13.3. The molecule has 1 amide bonds. The Bertz CT molecular complexity index is 3020. The number of sulfonamides is 1. The number of hydrogen-bond acceptors (Lipinski definition) is 9. The summed E-state index contributed by atoms with van der Waals surface area (Å²) >= 11 is 1.51. The molecule has 1 aliphatic rings. The van der Waals surface area contributed by atoms with Crippen molar-refractivity contribution in [3.8, 4) is 33.7 Å². The van der Waals surface area contributed by atoms with Gasteiger partial charge < -0.3 is 24.3 Å². The van der Waals surface area contributed by atoms with Crippen molar-refractivity contribution in [3.63, 3.8) is 0 Å². The minimum absolute atomic E-state index is 0.0519. The number of thioether (sulfide) groups is 1. The van der Waals surface area contributed by atoms with Gasteiger partial charge in [-0.2, -0.15) is 4.72 Å². The summed E-state index contributed by atoms with van der Waals surface area (Å²) in [6.45, 7) is 4.15. The van der Waals surface area contributed by atoms with Crippen LogP contribution in [0.2, 0.25) is 0 Å². The van der Waals surface area contributed by atoms with E-state index in [9.17, 15) is 18.3 Å². The number of aliphatic hydroxyl groups excluding tert-OH is 1. The van der Waals surface area contributed by atoms with Gasteiger partial charge in [0, 0.05) is 34.9 Å². The highest BCUT2D eigenvalue weighted by Gasteiger charge is 2.39. The maximum atomic E-state index is 13.8. The quantitative estimate of drug-likeness (QED) is 0.0761. The second kappa shape index (κ2) is 21.8. The SMILES string of the molecule is Cc1ccc(S(=O)(=O)N[C@H](Cc2ccccc2)C(=O)NCc2cccc(-c3cccc([C@H]4O[C@@H](CSc5nc(-c6ccccc6)c(-c6ccccc6)o5)[C@@H](C)[C@@H](c5ccc(CO)cc5)O4)c3)c2)cc1. The minimum atomic E-state index is -3.99. The number of aliphatic hydroxyl groups is 1. The molecule has 1 fully saturated rings. The first kappa shape index (κ1) is 47.4. The van der Waals surface area contributed by atoms with Gasteiger partial charge in [-0.3, -0.25) is 4.79 Å². The van der Waals surface area contributed by atoms with Crippen LogP contribution in [0.1, 0.15) is 52.7 Å². The van der Waals surface area contributed by atoms with Crippen LogP contribution in [-0.4, -0.2) is 42.3 Å². The van der Waals surface area contributed by atoms with E-state index in [1.807, 2.05) is 165 Å². The van der Waals surface area contributed by atoms with E-state index in [0.717, 1.165) is 61.3 Å². The summed E-state index contributed by atoms with van der Waals surface area (Å²) in [4.78, 5) is 18.9. The van der Waals surface area contributed by atoms with E-state index in [1.54, 1.807) is 24.3 Å². The predicted octanol–water partition coefficient (Wildman–Crippen LogP) is 11.3. The molecule has 5 atom stereocenters. The monoisotopic (exact) mass is 955 g/mol. The van der Waals surface area contributed by atoms with Gasteiger partial charge in [0.1, 0.15) is 11.7 Å². The zero-order valence-corrected chi connectivity index (χ0v) is 39.9. The first-order chi connectivity index (χ1) is 33.6. The Morgan fingerprint density at radius 3 is 2.00 bits per heavy atom. The molecule has 0 spiro atoms. The topological polar surface area (TPSA) is 140 Å². The number of aryl methyl sites for hydroxylation is 1. The van der Waals surface area contributed by atoms with Crippen LogP contribution in [-0.2, 0) is 43.9 Å². The molecule has 8 aromatic rings. The Hall–Kier alpha value is -6.64. The second-order valence-electron chi connectivity index (χ2n) is 17.2. The van der Waals surface area contributed by atoms with Gasteiger partial charge in [0.2, 0.25) is 15.9 Å². The van der Waals surface area contributed by atoms with E-state index in [0.29, 0.717) is 16.7 Å². The molecule has 1 aliphatic heterocycles. The van der Waals surface area contributed by atoms with Crippen molar-refractivity contribution in [2.45, 2.75) is 68.1 Å². The fourth-order valence-corrected chi connectivity index (χ4v) is 10.6. The molecule has 0 bridgehead atoms. The number of nitrogens with one attached hydrogen (secondary N) is 2. The van der Waals surface area contributed by atoms with Crippen molar-refractivity contribution in [2.24, 2.45) is 5.92 Å². The highest BCUT2D eigenvalue weighted by molar-refractivity contribution is 7.99. The number of carbonyl (C=O) groups excluding carboxylic acids is 1. The number of amides is 1. The van der Waals surface area contributed by atoms with Gasteiger partial charge in [0.05, 0.1) is 23.7 Å². The van der Waals surface area contributed by atoms with E-state index >= 15 is 0 Å². The lowest BCUT2D eigenvalue weighted by Crippen LogP contribution is -2.47. The van der Waals surface area contributed by atoms with Crippen LogP contribution in [0.15, 0.2) is 203 Å². The summed E-state index contributed by atoms with van der Waals surface area (Å²) in [6.07, 6.45) is -1.14. The van der Waals surface area contributed by atoms with Crippen molar-refractivity contribution in [1.82, 2.24) is 15.0 Å². The smallest absolute Gasteiger partial charge is 0.256 e. The standard InChI is InChI=1S/C57H53N3O7S2/c1-38-24-30-49(31-25-38)69(63,64)60-50(33-40-14-6-3-7-15-40)55(62)58-35-42-16-12-21-46(32-42)47-22-13-23-48(34-47)56-65-51(39(2)53(66-56)45-28-26-41(36-61)27-29-45)37-68-57-59-52(43-17-8-4-9-18-43)54(67-57)44-19-10-5-11-20-44/h3-32,34,39,50-51,53,56,60-61H,33,35-37H2,1-2H3,(H,58,62)/t39-,50-,51+,53+,56+/m1/s1. The third-order valence-electron chi connectivity index (χ3n) is 12.3. The average Bonchev–Trinajstić information content (AvgIpc) is 3.83. The molecule has 69 heavy (non-hydrogen) atoms. The Kier molecular flexibility index (Phi) is 15.0. The number of carbonyl (C=O) groups is 1. The van der Waals surface area contributed by atoms with Gasteiger partial charge in [-0.25, -0.2) is 13.4 Å². The highest BCUT2D eigenvalue weighted by Crippen LogP contribution is 2.44. The third kappa shape index (κ3) is 11.6. The number of rotatable bonds is 17. The molecule has 9 rings (SSSR count). The lowest BCUT2D eigenvalue weighted by atomic mass is 9.91. The lowest BCUT2D eigenvalue weighted by Gasteiger charge is -2.41. The molecular formula is C57H53N3O7S2. The minimum Gasteiger partial charge on any atom is -0.431 e. The maximum absolute atomic E-state index is 13.8. The fraction of sp³-hybridized carbons (Fsp3) is 0.193. The molecular weight excluding hydrogens is 903 g/mol. The average molecular weight is 956 g/mol. The van der Waals surface area contributed by atoms with Crippen LogP contribution >= 0.6 is 11.8 Å². The number of oxazole rings is 1. The summed E-state index contributed by atoms with van der Waals surface area (Å²) in [6, 6.07) is 58.7. The molecule has 2 heterocycles. The van der Waals surface area contributed by atoms with Gasteiger partial charge >= 0.3 is 0 Å². The molecule has 3 N–H and O–H groups in total. The van der Waals surface area contributed by atoms with Gasteiger partial charge in [-0.15, -0.1) is 0 Å². The zero-order valence-electron chi connectivity index (χ0n) is 38.3. The van der Waals surface area contributed by atoms with Gasteiger partial charge in [0.25, 0.3) is 5.22 Å². The van der Waals surface area contributed by atoms with E-state index in [2.05, 4.69) is 23.0 Å². The molecule has 10 nitrogen and oxygen atoms in total. The second-order valence-corrected chi connectivity index (χ2v) is 19.9. The molecule has 1 aromatic heterocycles.